The first-order chi connectivity index (χ1) is 15.4. The second-order valence-corrected chi connectivity index (χ2v) is 8.02. The number of hydrogen-bond acceptors (Lipinski definition) is 5. The van der Waals surface area contributed by atoms with Crippen LogP contribution in [0, 0.1) is 0 Å². The molecule has 2 aliphatic rings. The number of hydrogen-bond donors (Lipinski definition) is 1. The van der Waals surface area contributed by atoms with E-state index >= 15 is 0 Å². The van der Waals surface area contributed by atoms with Crippen molar-refractivity contribution >= 4 is 29.3 Å². The van der Waals surface area contributed by atoms with Crippen molar-refractivity contribution in [1.82, 2.24) is 14.4 Å². The number of imide groups is 1. The summed E-state index contributed by atoms with van der Waals surface area (Å²) >= 11 is 0. The van der Waals surface area contributed by atoms with Gasteiger partial charge in [0.1, 0.15) is 5.69 Å². The number of benzene rings is 1. The first kappa shape index (κ1) is 21.5. The van der Waals surface area contributed by atoms with Crippen LogP contribution in [-0.2, 0) is 11.8 Å². The van der Waals surface area contributed by atoms with Crippen molar-refractivity contribution in [1.29, 1.82) is 0 Å². The summed E-state index contributed by atoms with van der Waals surface area (Å²) in [6.07, 6.45) is 4.27. The number of amides is 4. The minimum Gasteiger partial charge on any atom is -0.339 e. The number of fused-ring (bicyclic) bond motifs is 1. The van der Waals surface area contributed by atoms with Crippen molar-refractivity contribution in [3.8, 4) is 0 Å². The number of aromatic nitrogens is 1. The minimum atomic E-state index is -0.527. The van der Waals surface area contributed by atoms with Crippen LogP contribution in [0.5, 0.6) is 0 Å². The van der Waals surface area contributed by atoms with Crippen molar-refractivity contribution in [2.75, 3.05) is 25.0 Å². The molecular weight excluding hydrogens is 412 g/mol. The quantitative estimate of drug-likeness (QED) is 0.717. The van der Waals surface area contributed by atoms with Gasteiger partial charge in [0, 0.05) is 39.3 Å². The standard InChI is InChI=1S/C23H24N4O5/c1-25-14-15(20(29)26-10-5-2-6-11-26)13-18(23(25)32)24-19(28)9-12-27-21(30)16-7-3-4-8-17(16)22(27)31/h3-4,7-8,13-14H,2,5-6,9-12H2,1H3,(H,24,28). The zero-order valence-electron chi connectivity index (χ0n) is 17.8. The lowest BCUT2D eigenvalue weighted by atomic mass is 10.1. The summed E-state index contributed by atoms with van der Waals surface area (Å²) in [5, 5.41) is 2.53. The number of rotatable bonds is 5. The van der Waals surface area contributed by atoms with Crippen LogP contribution in [0.25, 0.3) is 0 Å². The third kappa shape index (κ3) is 4.05. The molecule has 0 unspecified atom stereocenters. The summed E-state index contributed by atoms with van der Waals surface area (Å²) in [5.41, 5.74) is 0.494. The Kier molecular flexibility index (Phi) is 5.89. The summed E-state index contributed by atoms with van der Waals surface area (Å²) in [7, 11) is 1.52. The Morgan fingerprint density at radius 2 is 1.59 bits per heavy atom. The molecule has 1 aromatic heterocycles. The van der Waals surface area contributed by atoms with Crippen molar-refractivity contribution in [3.05, 3.63) is 63.6 Å². The summed E-state index contributed by atoms with van der Waals surface area (Å²) in [6.45, 7) is 1.23. The van der Waals surface area contributed by atoms with Crippen LogP contribution in [0.15, 0.2) is 41.3 Å². The fourth-order valence-electron chi connectivity index (χ4n) is 4.07. The molecule has 0 bridgehead atoms. The second kappa shape index (κ2) is 8.78. The van der Waals surface area contributed by atoms with E-state index in [1.165, 1.54) is 23.9 Å². The summed E-state index contributed by atoms with van der Waals surface area (Å²) < 4.78 is 1.26. The van der Waals surface area contributed by atoms with Gasteiger partial charge in [0.2, 0.25) is 5.91 Å². The molecule has 0 spiro atoms. The number of nitrogens with zero attached hydrogens (tertiary/aromatic N) is 3. The molecular formula is C23H24N4O5. The van der Waals surface area contributed by atoms with Crippen LogP contribution in [0.3, 0.4) is 0 Å². The smallest absolute Gasteiger partial charge is 0.274 e. The van der Waals surface area contributed by atoms with Crippen LogP contribution < -0.4 is 10.9 Å². The number of anilines is 1. The maximum Gasteiger partial charge on any atom is 0.274 e. The first-order valence-electron chi connectivity index (χ1n) is 10.6. The predicted octanol–water partition coefficient (Wildman–Crippen LogP) is 1.64. The number of carbonyl (C=O) groups is 4. The van der Waals surface area contributed by atoms with Gasteiger partial charge in [-0.15, -0.1) is 0 Å². The Morgan fingerprint density at radius 3 is 2.22 bits per heavy atom. The van der Waals surface area contributed by atoms with Gasteiger partial charge < -0.3 is 14.8 Å². The third-order valence-electron chi connectivity index (χ3n) is 5.79. The Balaban J connectivity index is 1.44. The average Bonchev–Trinajstić information content (AvgIpc) is 3.05. The van der Waals surface area contributed by atoms with Gasteiger partial charge in [-0.3, -0.25) is 28.9 Å². The number of pyridine rings is 1. The summed E-state index contributed by atoms with van der Waals surface area (Å²) in [5.74, 6) is -1.59. The molecule has 2 aromatic rings. The number of nitrogens with one attached hydrogen (secondary N) is 1. The molecule has 0 atom stereocenters. The number of likely N-dealkylation sites (tertiary alicyclic amines) is 1. The molecule has 4 rings (SSSR count). The molecule has 9 nitrogen and oxygen atoms in total. The lowest BCUT2D eigenvalue weighted by Gasteiger charge is -2.27. The van der Waals surface area contributed by atoms with Crippen molar-refractivity contribution in [3.63, 3.8) is 0 Å². The summed E-state index contributed by atoms with van der Waals surface area (Å²) in [6, 6.07) is 7.88. The molecule has 1 saturated heterocycles. The fraction of sp³-hybridized carbons (Fsp3) is 0.348. The molecule has 0 saturated carbocycles. The fourth-order valence-corrected chi connectivity index (χ4v) is 4.07. The summed E-state index contributed by atoms with van der Waals surface area (Å²) in [4.78, 5) is 65.4. The van der Waals surface area contributed by atoms with E-state index in [9.17, 15) is 24.0 Å². The highest BCUT2D eigenvalue weighted by Gasteiger charge is 2.35. The van der Waals surface area contributed by atoms with Crippen LogP contribution in [0.1, 0.15) is 56.8 Å². The molecule has 166 valence electrons. The lowest BCUT2D eigenvalue weighted by molar-refractivity contribution is -0.116. The Morgan fingerprint density at radius 1 is 0.969 bits per heavy atom. The van der Waals surface area contributed by atoms with E-state index in [-0.39, 0.29) is 24.6 Å². The molecule has 0 radical (unpaired) electrons. The van der Waals surface area contributed by atoms with E-state index in [4.69, 9.17) is 0 Å². The maximum absolute atomic E-state index is 12.8. The van der Waals surface area contributed by atoms with Gasteiger partial charge in [0.25, 0.3) is 23.3 Å². The number of piperidine rings is 1. The van der Waals surface area contributed by atoms with Crippen molar-refractivity contribution in [2.24, 2.45) is 7.05 Å². The van der Waals surface area contributed by atoms with Gasteiger partial charge in [-0.05, 0) is 37.5 Å². The topological polar surface area (TPSA) is 109 Å². The molecule has 1 aromatic carbocycles. The second-order valence-electron chi connectivity index (χ2n) is 8.02. The van der Waals surface area contributed by atoms with Gasteiger partial charge >= 0.3 is 0 Å². The van der Waals surface area contributed by atoms with Crippen LogP contribution in [0.4, 0.5) is 5.69 Å². The van der Waals surface area contributed by atoms with Crippen molar-refractivity contribution < 1.29 is 19.2 Å². The van der Waals surface area contributed by atoms with Gasteiger partial charge in [-0.2, -0.15) is 0 Å². The van der Waals surface area contributed by atoms with E-state index in [0.29, 0.717) is 29.8 Å². The monoisotopic (exact) mass is 436 g/mol. The third-order valence-corrected chi connectivity index (χ3v) is 5.79. The van der Waals surface area contributed by atoms with Gasteiger partial charge in [-0.1, -0.05) is 12.1 Å². The highest BCUT2D eigenvalue weighted by molar-refractivity contribution is 6.21. The predicted molar refractivity (Wildman–Crippen MR) is 116 cm³/mol. The van der Waals surface area contributed by atoms with Crippen LogP contribution in [-0.4, -0.2) is 57.6 Å². The molecule has 1 N–H and O–H groups in total. The van der Waals surface area contributed by atoms with E-state index in [2.05, 4.69) is 5.32 Å². The molecule has 3 heterocycles. The first-order valence-corrected chi connectivity index (χ1v) is 10.6. The van der Waals surface area contributed by atoms with E-state index in [1.54, 1.807) is 29.2 Å². The van der Waals surface area contributed by atoms with Gasteiger partial charge in [0.05, 0.1) is 16.7 Å². The van der Waals surface area contributed by atoms with Crippen LogP contribution in [0.2, 0.25) is 0 Å². The average molecular weight is 436 g/mol. The van der Waals surface area contributed by atoms with E-state index < -0.39 is 23.3 Å². The Labute approximate surface area is 184 Å². The highest BCUT2D eigenvalue weighted by atomic mass is 16.2. The zero-order valence-corrected chi connectivity index (χ0v) is 17.8. The highest BCUT2D eigenvalue weighted by Crippen LogP contribution is 2.22. The van der Waals surface area contributed by atoms with E-state index in [0.717, 1.165) is 24.2 Å². The molecule has 32 heavy (non-hydrogen) atoms. The Bertz CT molecular complexity index is 1130. The van der Waals surface area contributed by atoms with Gasteiger partial charge in [0.15, 0.2) is 0 Å². The largest absolute Gasteiger partial charge is 0.339 e. The normalized spacial score (nSPS) is 15.7. The van der Waals surface area contributed by atoms with Gasteiger partial charge in [-0.25, -0.2) is 0 Å². The number of aryl methyl sites for hydroxylation is 1. The molecule has 2 aliphatic heterocycles. The Hall–Kier alpha value is -3.75. The molecule has 1 fully saturated rings. The molecule has 0 aliphatic carbocycles. The lowest BCUT2D eigenvalue weighted by Crippen LogP contribution is -2.37. The molecule has 4 amide bonds. The van der Waals surface area contributed by atoms with Crippen LogP contribution >= 0.6 is 0 Å². The maximum atomic E-state index is 12.8. The minimum absolute atomic E-state index is 0.0114. The SMILES string of the molecule is Cn1cc(C(=O)N2CCCCC2)cc(NC(=O)CCN2C(=O)c3ccccc3C2=O)c1=O. The molecule has 9 heteroatoms. The zero-order chi connectivity index (χ0) is 22.8. The number of carbonyl (C=O) groups excluding carboxylic acids is 4. The van der Waals surface area contributed by atoms with E-state index in [1.807, 2.05) is 0 Å². The van der Waals surface area contributed by atoms with Crippen molar-refractivity contribution in [2.45, 2.75) is 25.7 Å².